The fourth-order valence-corrected chi connectivity index (χ4v) is 2.37. The van der Waals surface area contributed by atoms with E-state index < -0.39 is 5.97 Å². The predicted octanol–water partition coefficient (Wildman–Crippen LogP) is 1.72. The Hall–Kier alpha value is -2.73. The number of methoxy groups -OCH3 is 1. The van der Waals surface area contributed by atoms with E-state index in [1.165, 1.54) is 12.0 Å². The van der Waals surface area contributed by atoms with Crippen LogP contribution >= 0.6 is 0 Å². The van der Waals surface area contributed by atoms with Gasteiger partial charge < -0.3 is 15.4 Å². The second-order valence-corrected chi connectivity index (χ2v) is 4.72. The van der Waals surface area contributed by atoms with Crippen LogP contribution in [0.3, 0.4) is 0 Å². The second-order valence-electron chi connectivity index (χ2n) is 4.72. The predicted molar refractivity (Wildman–Crippen MR) is 76.7 cm³/mol. The van der Waals surface area contributed by atoms with Crippen LogP contribution in [0.15, 0.2) is 23.3 Å². The van der Waals surface area contributed by atoms with Crippen molar-refractivity contribution in [3.8, 4) is 0 Å². The van der Waals surface area contributed by atoms with E-state index in [0.29, 0.717) is 18.7 Å². The maximum Gasteiger partial charge on any atom is 0.340 e. The summed E-state index contributed by atoms with van der Waals surface area (Å²) in [6, 6.07) is 4.87. The van der Waals surface area contributed by atoms with Crippen LogP contribution in [0.4, 0.5) is 11.4 Å². The van der Waals surface area contributed by atoms with E-state index >= 15 is 0 Å². The van der Waals surface area contributed by atoms with Gasteiger partial charge in [0.05, 0.1) is 24.0 Å². The molecule has 8 heteroatoms. The minimum atomic E-state index is -0.549. The first kappa shape index (κ1) is 14.7. The molecule has 0 spiro atoms. The van der Waals surface area contributed by atoms with Crippen molar-refractivity contribution in [3.05, 3.63) is 34.2 Å². The van der Waals surface area contributed by atoms with E-state index in [1.807, 2.05) is 0 Å². The molecule has 1 fully saturated rings. The second kappa shape index (κ2) is 6.15. The van der Waals surface area contributed by atoms with Crippen molar-refractivity contribution in [2.24, 2.45) is 11.0 Å². The molecule has 1 aromatic carbocycles. The van der Waals surface area contributed by atoms with Gasteiger partial charge in [-0.15, -0.1) is 0 Å². The van der Waals surface area contributed by atoms with Crippen molar-refractivity contribution in [1.82, 2.24) is 0 Å². The molecule has 1 aliphatic heterocycles. The summed E-state index contributed by atoms with van der Waals surface area (Å²) in [5, 5.41) is 3.49. The number of para-hydroxylation sites is 1. The summed E-state index contributed by atoms with van der Waals surface area (Å²) in [6.07, 6.45) is 0.293. The Balaban J connectivity index is 2.28. The Morgan fingerprint density at radius 2 is 2.38 bits per heavy atom. The number of azide groups is 1. The Labute approximate surface area is 121 Å². The maximum atomic E-state index is 12.1. The Morgan fingerprint density at radius 1 is 1.62 bits per heavy atom. The van der Waals surface area contributed by atoms with Gasteiger partial charge in [-0.1, -0.05) is 11.2 Å². The number of nitrogens with zero attached hydrogens (tertiary/aromatic N) is 4. The first-order valence-corrected chi connectivity index (χ1v) is 6.36. The van der Waals surface area contributed by atoms with Gasteiger partial charge in [0, 0.05) is 24.4 Å². The number of anilines is 2. The Morgan fingerprint density at radius 3 is 3.05 bits per heavy atom. The number of esters is 1. The highest BCUT2D eigenvalue weighted by Gasteiger charge is 2.31. The third-order valence-electron chi connectivity index (χ3n) is 3.39. The number of carbonyl (C=O) groups excluding carboxylic acids is 2. The summed E-state index contributed by atoms with van der Waals surface area (Å²) >= 11 is 0. The molecule has 0 saturated carbocycles. The molecule has 1 saturated heterocycles. The van der Waals surface area contributed by atoms with Gasteiger partial charge in [-0.2, -0.15) is 0 Å². The van der Waals surface area contributed by atoms with Crippen LogP contribution < -0.4 is 10.6 Å². The van der Waals surface area contributed by atoms with Crippen molar-refractivity contribution >= 4 is 23.3 Å². The number of amides is 1. The minimum Gasteiger partial charge on any atom is -0.465 e. The van der Waals surface area contributed by atoms with Gasteiger partial charge >= 0.3 is 5.97 Å². The fraction of sp³-hybridized carbons (Fsp3) is 0.385. The highest BCUT2D eigenvalue weighted by molar-refractivity contribution is 6.04. The molecule has 1 atom stereocenters. The zero-order valence-electron chi connectivity index (χ0n) is 11.5. The fourth-order valence-electron chi connectivity index (χ4n) is 2.37. The van der Waals surface area contributed by atoms with Crippen LogP contribution in [0.25, 0.3) is 10.4 Å². The molecular weight excluding hydrogens is 274 g/mol. The van der Waals surface area contributed by atoms with Gasteiger partial charge in [-0.25, -0.2) is 4.79 Å². The van der Waals surface area contributed by atoms with E-state index in [2.05, 4.69) is 14.8 Å². The van der Waals surface area contributed by atoms with Crippen LogP contribution in [0.5, 0.6) is 0 Å². The lowest BCUT2D eigenvalue weighted by molar-refractivity contribution is -0.117. The molecule has 1 amide bonds. The number of rotatable bonds is 4. The molecule has 0 bridgehead atoms. The summed E-state index contributed by atoms with van der Waals surface area (Å²) in [7, 11) is 1.27. The molecule has 8 nitrogen and oxygen atoms in total. The van der Waals surface area contributed by atoms with Crippen LogP contribution in [0, 0.1) is 5.92 Å². The van der Waals surface area contributed by atoms with Crippen molar-refractivity contribution in [3.63, 3.8) is 0 Å². The molecule has 0 radical (unpaired) electrons. The van der Waals surface area contributed by atoms with Crippen molar-refractivity contribution in [1.29, 1.82) is 0 Å². The molecule has 0 aliphatic carbocycles. The lowest BCUT2D eigenvalue weighted by Gasteiger charge is -2.19. The molecule has 110 valence electrons. The van der Waals surface area contributed by atoms with E-state index in [1.54, 1.807) is 18.2 Å². The number of hydrogen-bond acceptors (Lipinski definition) is 5. The monoisotopic (exact) mass is 289 g/mol. The van der Waals surface area contributed by atoms with Gasteiger partial charge in [0.1, 0.15) is 0 Å². The zero-order chi connectivity index (χ0) is 15.4. The summed E-state index contributed by atoms with van der Waals surface area (Å²) in [4.78, 5) is 27.9. The summed E-state index contributed by atoms with van der Waals surface area (Å²) in [6.45, 7) is 0.669. The van der Waals surface area contributed by atoms with Crippen molar-refractivity contribution in [2.75, 3.05) is 30.8 Å². The molecule has 21 heavy (non-hydrogen) atoms. The van der Waals surface area contributed by atoms with Crippen LogP contribution in [0.1, 0.15) is 16.8 Å². The number of benzene rings is 1. The minimum absolute atomic E-state index is 0.0467. The third-order valence-corrected chi connectivity index (χ3v) is 3.39. The smallest absolute Gasteiger partial charge is 0.340 e. The average molecular weight is 289 g/mol. The van der Waals surface area contributed by atoms with Crippen molar-refractivity contribution in [2.45, 2.75) is 6.42 Å². The number of carbonyl (C=O) groups is 2. The molecule has 1 aromatic rings. The molecule has 2 rings (SSSR count). The largest absolute Gasteiger partial charge is 0.465 e. The number of nitrogen functional groups attached to an aromatic ring is 1. The van der Waals surface area contributed by atoms with Gasteiger partial charge in [-0.3, -0.25) is 4.79 Å². The first-order valence-electron chi connectivity index (χ1n) is 6.36. The normalized spacial score (nSPS) is 17.5. The lowest BCUT2D eigenvalue weighted by Crippen LogP contribution is -2.26. The summed E-state index contributed by atoms with van der Waals surface area (Å²) in [5.41, 5.74) is 15.2. The molecule has 1 unspecified atom stereocenters. The Kier molecular flexibility index (Phi) is 4.30. The summed E-state index contributed by atoms with van der Waals surface area (Å²) < 4.78 is 4.66. The molecule has 1 aliphatic rings. The standard InChI is InChI=1S/C13H15N5O3/c1-21-13(20)9-3-2-4-10(12(9)14)18-7-8(5-11(18)19)6-16-17-15/h2-4,8H,5-7,14H2,1H3. The van der Waals surface area contributed by atoms with E-state index in [0.717, 1.165) is 0 Å². The highest BCUT2D eigenvalue weighted by atomic mass is 16.5. The van der Waals surface area contributed by atoms with Crippen molar-refractivity contribution < 1.29 is 14.3 Å². The van der Waals surface area contributed by atoms with Gasteiger partial charge in [0.2, 0.25) is 5.91 Å². The SMILES string of the molecule is COC(=O)c1cccc(N2CC(CN=[N+]=[N-])CC2=O)c1N. The molecule has 1 heterocycles. The molecule has 2 N–H and O–H groups in total. The first-order chi connectivity index (χ1) is 10.1. The molecule has 0 aromatic heterocycles. The van der Waals surface area contributed by atoms with Crippen LogP contribution in [-0.2, 0) is 9.53 Å². The highest BCUT2D eigenvalue weighted by Crippen LogP contribution is 2.32. The van der Waals surface area contributed by atoms with Crippen LogP contribution in [-0.4, -0.2) is 32.1 Å². The zero-order valence-corrected chi connectivity index (χ0v) is 11.5. The molecular formula is C13H15N5O3. The van der Waals surface area contributed by atoms with E-state index in [4.69, 9.17) is 11.3 Å². The Bertz CT molecular complexity index is 624. The third kappa shape index (κ3) is 2.90. The van der Waals surface area contributed by atoms with Gasteiger partial charge in [0.15, 0.2) is 0 Å². The maximum absolute atomic E-state index is 12.1. The van der Waals surface area contributed by atoms with Crippen LogP contribution in [0.2, 0.25) is 0 Å². The lowest BCUT2D eigenvalue weighted by atomic mass is 10.1. The topological polar surface area (TPSA) is 121 Å². The number of nitrogens with two attached hydrogens (primary N) is 1. The number of ether oxygens (including phenoxy) is 1. The quantitative estimate of drug-likeness (QED) is 0.298. The van der Waals surface area contributed by atoms with E-state index in [-0.39, 0.29) is 29.6 Å². The van der Waals surface area contributed by atoms with E-state index in [9.17, 15) is 9.59 Å². The van der Waals surface area contributed by atoms with Gasteiger partial charge in [0.25, 0.3) is 0 Å². The average Bonchev–Trinajstić information content (AvgIpc) is 2.85. The van der Waals surface area contributed by atoms with Gasteiger partial charge in [-0.05, 0) is 23.6 Å². The number of hydrogen-bond donors (Lipinski definition) is 1. The summed E-state index contributed by atoms with van der Waals surface area (Å²) in [5.74, 6) is -0.705.